The van der Waals surface area contributed by atoms with Gasteiger partial charge in [-0.25, -0.2) is 0 Å². The van der Waals surface area contributed by atoms with E-state index in [1.807, 2.05) is 0 Å². The molecule has 0 aromatic carbocycles. The van der Waals surface area contributed by atoms with E-state index in [0.717, 1.165) is 5.55 Å². The van der Waals surface area contributed by atoms with Crippen LogP contribution in [0.4, 0.5) is 0 Å². The number of nitrogens with one attached hydrogen (secondary N) is 1. The van der Waals surface area contributed by atoms with Gasteiger partial charge in [0.05, 0.1) is 0 Å². The Hall–Kier alpha value is -0.310. The summed E-state index contributed by atoms with van der Waals surface area (Å²) in [7, 11) is 0. The largest absolute Gasteiger partial charge is 0.517 e. The van der Waals surface area contributed by atoms with Gasteiger partial charge in [0.2, 0.25) is 0 Å². The van der Waals surface area contributed by atoms with E-state index in [1.54, 1.807) is 0 Å². The highest BCUT2D eigenvalue weighted by Crippen LogP contribution is 1.26. The van der Waals surface area contributed by atoms with Gasteiger partial charge >= 0.3 is 17.2 Å². The van der Waals surface area contributed by atoms with Crippen molar-refractivity contribution < 1.29 is 4.21 Å². The fraction of sp³-hybridized carbons (Fsp3) is 0. The Balaban J connectivity index is 2.73. The van der Waals surface area contributed by atoms with Crippen molar-refractivity contribution in [3.8, 4) is 0 Å². The van der Waals surface area contributed by atoms with Crippen LogP contribution in [0.1, 0.15) is 0 Å². The fourth-order valence-corrected chi connectivity index (χ4v) is 0. The zero-order chi connectivity index (χ0) is 3.41. The molecule has 0 atom stereocenters. The minimum absolute atomic E-state index is 0.148. The summed E-state index contributed by atoms with van der Waals surface area (Å²) in [6.45, 7) is 0. The number of rotatable bonds is 1. The molecule has 0 spiro atoms. The van der Waals surface area contributed by atoms with Crippen LogP contribution in [0.3, 0.4) is 0 Å². The Bertz CT molecular complexity index is 29.0. The summed E-state index contributed by atoms with van der Waals surface area (Å²) in [6.07, 6.45) is 0. The standard InChI is InChI=1S/CH2NOS/c2-1-4-3/h1-2H/q+1. The predicted molar refractivity (Wildman–Crippen MR) is 16.8 cm³/mol. The first-order valence-electron chi connectivity index (χ1n) is 0.691. The van der Waals surface area contributed by atoms with Crippen LogP contribution in [-0.2, 0) is 15.9 Å². The summed E-state index contributed by atoms with van der Waals surface area (Å²) in [4.78, 5) is 0. The second-order valence-electron chi connectivity index (χ2n) is 0.214. The van der Waals surface area contributed by atoms with E-state index >= 15 is 0 Å². The number of hydrogen-bond acceptors (Lipinski definition) is 2. The molecule has 0 aliphatic carbocycles. The van der Waals surface area contributed by atoms with Gasteiger partial charge in [-0.15, -0.1) is 0 Å². The van der Waals surface area contributed by atoms with E-state index in [2.05, 4.69) is 0 Å². The van der Waals surface area contributed by atoms with Gasteiger partial charge in [-0.3, -0.25) is 5.41 Å². The van der Waals surface area contributed by atoms with Crippen molar-refractivity contribution in [2.24, 2.45) is 0 Å². The first kappa shape index (κ1) is 3.69. The molecule has 0 rings (SSSR count). The Morgan fingerprint density at radius 3 is 2.25 bits per heavy atom. The zero-order valence-corrected chi connectivity index (χ0v) is 2.71. The van der Waals surface area contributed by atoms with Crippen molar-refractivity contribution >= 4 is 17.2 Å². The Labute approximate surface area is 27.8 Å². The molecule has 22 valence electrons. The highest BCUT2D eigenvalue weighted by atomic mass is 32.1. The molecule has 0 bridgehead atoms. The van der Waals surface area contributed by atoms with E-state index in [0.29, 0.717) is 0 Å². The van der Waals surface area contributed by atoms with Crippen molar-refractivity contribution in [1.82, 2.24) is 0 Å². The molecular weight excluding hydrogens is 74.1 g/mol. The molecule has 0 radical (unpaired) electrons. The lowest BCUT2D eigenvalue weighted by atomic mass is 11.7. The van der Waals surface area contributed by atoms with Crippen LogP contribution in [0, 0.1) is 5.41 Å². The summed E-state index contributed by atoms with van der Waals surface area (Å²) in [5, 5.41) is 5.98. The molecule has 0 saturated heterocycles. The van der Waals surface area contributed by atoms with Crippen LogP contribution in [0.25, 0.3) is 0 Å². The van der Waals surface area contributed by atoms with Crippen LogP contribution >= 0.6 is 0 Å². The molecular formula is CH2NOS+. The van der Waals surface area contributed by atoms with E-state index in [1.165, 1.54) is 0 Å². The molecule has 1 N–H and O–H groups in total. The highest BCUT2D eigenvalue weighted by molar-refractivity contribution is 7.80. The lowest BCUT2D eigenvalue weighted by Crippen LogP contribution is -1.49. The lowest BCUT2D eigenvalue weighted by molar-refractivity contribution is 0.610. The first-order valence-corrected chi connectivity index (χ1v) is 1.50. The van der Waals surface area contributed by atoms with Gasteiger partial charge in [0, 0.05) is 4.21 Å². The normalized spacial score (nSPS) is 5.00. The summed E-state index contributed by atoms with van der Waals surface area (Å²) >= 11 is 0.148. The molecule has 0 aliphatic rings. The molecule has 0 saturated carbocycles. The summed E-state index contributed by atoms with van der Waals surface area (Å²) in [6, 6.07) is 0. The third-order valence-corrected chi connectivity index (χ3v) is 0.144. The maximum absolute atomic E-state index is 8.97. The molecule has 4 heavy (non-hydrogen) atoms. The van der Waals surface area contributed by atoms with E-state index < -0.39 is 0 Å². The van der Waals surface area contributed by atoms with Gasteiger partial charge in [-0.05, 0) is 0 Å². The predicted octanol–water partition coefficient (Wildman–Crippen LogP) is 0.0216. The number of hydrogen-bond donors (Lipinski definition) is 1. The van der Waals surface area contributed by atoms with Crippen molar-refractivity contribution in [3.05, 3.63) is 0 Å². The molecule has 3 heteroatoms. The summed E-state index contributed by atoms with van der Waals surface area (Å²) < 4.78 is 8.97. The second kappa shape index (κ2) is 2.69. The van der Waals surface area contributed by atoms with Crippen LogP contribution in [0.2, 0.25) is 0 Å². The molecule has 0 aliphatic heterocycles. The van der Waals surface area contributed by atoms with Gasteiger partial charge in [0.25, 0.3) is 0 Å². The molecule has 0 amide bonds. The van der Waals surface area contributed by atoms with Gasteiger partial charge in [-0.1, -0.05) is 0 Å². The lowest BCUT2D eigenvalue weighted by Gasteiger charge is -1.10. The molecule has 0 unspecified atom stereocenters. The minimum atomic E-state index is 0.148. The monoisotopic (exact) mass is 76.0 g/mol. The third kappa shape index (κ3) is 1.69. The topological polar surface area (TPSA) is 40.9 Å². The molecule has 0 aromatic rings. The quantitative estimate of drug-likeness (QED) is 0.267. The molecule has 0 fully saturated rings. The first-order chi connectivity index (χ1) is 1.91. The average Bonchev–Trinajstić information content (AvgIpc) is 1.37. The van der Waals surface area contributed by atoms with Gasteiger partial charge in [0.1, 0.15) is 0 Å². The Morgan fingerprint density at radius 2 is 2.25 bits per heavy atom. The van der Waals surface area contributed by atoms with E-state index in [-0.39, 0.29) is 11.7 Å². The van der Waals surface area contributed by atoms with Gasteiger partial charge in [-0.2, -0.15) is 0 Å². The molecule has 0 heterocycles. The second-order valence-corrected chi connectivity index (χ2v) is 0.642. The van der Waals surface area contributed by atoms with Crippen molar-refractivity contribution in [2.45, 2.75) is 0 Å². The molecule has 0 aromatic heterocycles. The Morgan fingerprint density at radius 1 is 2.00 bits per heavy atom. The van der Waals surface area contributed by atoms with Crippen molar-refractivity contribution in [1.29, 1.82) is 5.41 Å². The van der Waals surface area contributed by atoms with Crippen LogP contribution < -0.4 is 0 Å². The highest BCUT2D eigenvalue weighted by Gasteiger charge is 1.71. The van der Waals surface area contributed by atoms with Crippen LogP contribution in [0.5, 0.6) is 0 Å². The van der Waals surface area contributed by atoms with Crippen molar-refractivity contribution in [2.75, 3.05) is 0 Å². The smallest absolute Gasteiger partial charge is 0.250 e. The van der Waals surface area contributed by atoms with Gasteiger partial charge in [0.15, 0.2) is 0 Å². The maximum Gasteiger partial charge on any atom is 0.517 e. The van der Waals surface area contributed by atoms with Crippen LogP contribution in [-0.4, -0.2) is 5.55 Å². The third-order valence-electron chi connectivity index (χ3n) is 0.0481. The van der Waals surface area contributed by atoms with Crippen LogP contribution in [0.15, 0.2) is 0 Å². The minimum Gasteiger partial charge on any atom is -0.250 e. The van der Waals surface area contributed by atoms with E-state index in [9.17, 15) is 0 Å². The summed E-state index contributed by atoms with van der Waals surface area (Å²) in [5.41, 5.74) is 0.736. The Kier molecular flexibility index (Phi) is 2.48. The maximum atomic E-state index is 8.97. The zero-order valence-electron chi connectivity index (χ0n) is 1.89. The fourth-order valence-electron chi connectivity index (χ4n) is 0. The average molecular weight is 76.1 g/mol. The van der Waals surface area contributed by atoms with Crippen molar-refractivity contribution in [3.63, 3.8) is 0 Å². The SMILES string of the molecule is N=C[S+]=O. The summed E-state index contributed by atoms with van der Waals surface area (Å²) in [5.74, 6) is 0. The molecule has 2 nitrogen and oxygen atoms in total. The van der Waals surface area contributed by atoms with Gasteiger partial charge < -0.3 is 0 Å². The van der Waals surface area contributed by atoms with E-state index in [4.69, 9.17) is 9.62 Å².